The van der Waals surface area contributed by atoms with Gasteiger partial charge in [-0.05, 0) is 47.0 Å². The van der Waals surface area contributed by atoms with E-state index in [0.29, 0.717) is 12.6 Å². The molecule has 1 unspecified atom stereocenters. The molecule has 4 nitrogen and oxygen atoms in total. The molecule has 1 amide bonds. The molecule has 0 bridgehead atoms. The predicted octanol–water partition coefficient (Wildman–Crippen LogP) is 3.27. The zero-order valence-corrected chi connectivity index (χ0v) is 13.9. The minimum atomic E-state index is -0.459. The number of amides is 1. The van der Waals surface area contributed by atoms with E-state index in [1.165, 1.54) is 6.42 Å². The highest BCUT2D eigenvalue weighted by Crippen LogP contribution is 2.28. The van der Waals surface area contributed by atoms with E-state index in [4.69, 9.17) is 9.47 Å². The highest BCUT2D eigenvalue weighted by atomic mass is 127. The van der Waals surface area contributed by atoms with Crippen molar-refractivity contribution in [1.82, 2.24) is 5.32 Å². The van der Waals surface area contributed by atoms with Gasteiger partial charge in [-0.3, -0.25) is 0 Å². The smallest absolute Gasteiger partial charge is 0.407 e. The molecule has 5 heteroatoms. The summed E-state index contributed by atoms with van der Waals surface area (Å²) in [5.74, 6) is 0. The molecule has 1 atom stereocenters. The highest BCUT2D eigenvalue weighted by molar-refractivity contribution is 14.1. The van der Waals surface area contributed by atoms with Gasteiger partial charge in [-0.1, -0.05) is 22.6 Å². The molecule has 0 aliphatic heterocycles. The third-order valence-corrected chi connectivity index (χ3v) is 4.41. The molecule has 0 aromatic heterocycles. The van der Waals surface area contributed by atoms with Crippen LogP contribution in [-0.4, -0.2) is 34.4 Å². The van der Waals surface area contributed by atoms with Gasteiger partial charge in [-0.15, -0.1) is 0 Å². The third-order valence-electron chi connectivity index (χ3n) is 2.79. The van der Waals surface area contributed by atoms with Crippen molar-refractivity contribution >= 4 is 28.7 Å². The van der Waals surface area contributed by atoms with Crippen LogP contribution in [0.2, 0.25) is 0 Å². The van der Waals surface area contributed by atoms with Crippen molar-refractivity contribution in [3.8, 4) is 0 Å². The van der Waals surface area contributed by atoms with Gasteiger partial charge in [0.2, 0.25) is 0 Å². The lowest BCUT2D eigenvalue weighted by Crippen LogP contribution is -2.48. The van der Waals surface area contributed by atoms with E-state index < -0.39 is 5.60 Å². The monoisotopic (exact) mass is 369 g/mol. The van der Waals surface area contributed by atoms with Gasteiger partial charge in [0, 0.05) is 4.43 Å². The fourth-order valence-corrected chi connectivity index (χ4v) is 2.03. The van der Waals surface area contributed by atoms with Gasteiger partial charge in [-0.2, -0.15) is 0 Å². The first kappa shape index (κ1) is 16.0. The van der Waals surface area contributed by atoms with Gasteiger partial charge in [-0.25, -0.2) is 4.79 Å². The van der Waals surface area contributed by atoms with E-state index in [-0.39, 0.29) is 11.7 Å². The third kappa shape index (κ3) is 5.73. The SMILES string of the molecule is CC(C)(C)OC(=O)NCC(C)(CI)OC1CCC1. The minimum Gasteiger partial charge on any atom is -0.444 e. The van der Waals surface area contributed by atoms with Crippen LogP contribution >= 0.6 is 22.6 Å². The van der Waals surface area contributed by atoms with Crippen molar-refractivity contribution in [1.29, 1.82) is 0 Å². The summed E-state index contributed by atoms with van der Waals surface area (Å²) in [6.45, 7) is 8.09. The van der Waals surface area contributed by atoms with Crippen molar-refractivity contribution in [3.05, 3.63) is 0 Å². The molecule has 0 aromatic rings. The second-order valence-corrected chi connectivity index (χ2v) is 6.87. The summed E-state index contributed by atoms with van der Waals surface area (Å²) in [6.07, 6.45) is 3.51. The number of rotatable bonds is 5. The van der Waals surface area contributed by atoms with Crippen LogP contribution in [0.3, 0.4) is 0 Å². The Morgan fingerprint density at radius 1 is 1.33 bits per heavy atom. The molecule has 18 heavy (non-hydrogen) atoms. The number of hydrogen-bond acceptors (Lipinski definition) is 3. The number of carbonyl (C=O) groups excluding carboxylic acids is 1. The number of carbonyl (C=O) groups is 1. The summed E-state index contributed by atoms with van der Waals surface area (Å²) >= 11 is 2.30. The molecule has 0 saturated heterocycles. The van der Waals surface area contributed by atoms with Crippen LogP contribution in [0.25, 0.3) is 0 Å². The topological polar surface area (TPSA) is 47.6 Å². The highest BCUT2D eigenvalue weighted by Gasteiger charge is 2.31. The van der Waals surface area contributed by atoms with Crippen molar-refractivity contribution in [2.24, 2.45) is 0 Å². The standard InChI is InChI=1S/C13H24INO3/c1-12(2,3)18-11(16)15-9-13(4,8-14)17-10-6-5-7-10/h10H,5-9H2,1-4H3,(H,15,16). The van der Waals surface area contributed by atoms with Crippen molar-refractivity contribution in [2.45, 2.75) is 64.3 Å². The van der Waals surface area contributed by atoms with Gasteiger partial charge >= 0.3 is 6.09 Å². The predicted molar refractivity (Wildman–Crippen MR) is 80.3 cm³/mol. The number of ether oxygens (including phenoxy) is 2. The average Bonchev–Trinajstić information content (AvgIpc) is 2.19. The fraction of sp³-hybridized carbons (Fsp3) is 0.923. The molecule has 1 N–H and O–H groups in total. The van der Waals surface area contributed by atoms with Crippen molar-refractivity contribution in [3.63, 3.8) is 0 Å². The van der Waals surface area contributed by atoms with Crippen LogP contribution in [0.4, 0.5) is 4.79 Å². The second-order valence-electron chi connectivity index (χ2n) is 6.11. The van der Waals surface area contributed by atoms with Crippen LogP contribution in [-0.2, 0) is 9.47 Å². The Hall–Kier alpha value is -0.0400. The Labute approximate surface area is 123 Å². The number of halogens is 1. The zero-order valence-electron chi connectivity index (χ0n) is 11.7. The second kappa shape index (κ2) is 6.41. The first-order chi connectivity index (χ1) is 8.24. The van der Waals surface area contributed by atoms with Gasteiger partial charge < -0.3 is 14.8 Å². The molecular weight excluding hydrogens is 345 g/mol. The van der Waals surface area contributed by atoms with E-state index in [2.05, 4.69) is 27.9 Å². The van der Waals surface area contributed by atoms with Gasteiger partial charge in [0.15, 0.2) is 0 Å². The van der Waals surface area contributed by atoms with E-state index in [1.807, 2.05) is 27.7 Å². The zero-order chi connectivity index (χ0) is 13.8. The van der Waals surface area contributed by atoms with E-state index in [0.717, 1.165) is 17.3 Å². The lowest BCUT2D eigenvalue weighted by atomic mass is 9.95. The molecule has 1 rings (SSSR count). The number of alkyl halides is 1. The van der Waals surface area contributed by atoms with Gasteiger partial charge in [0.1, 0.15) is 5.60 Å². The van der Waals surface area contributed by atoms with E-state index in [9.17, 15) is 4.79 Å². The Morgan fingerprint density at radius 2 is 1.94 bits per heavy atom. The molecule has 0 spiro atoms. The maximum Gasteiger partial charge on any atom is 0.407 e. The Kier molecular flexibility index (Phi) is 5.70. The first-order valence-corrected chi connectivity index (χ1v) is 7.97. The van der Waals surface area contributed by atoms with Gasteiger partial charge in [0.05, 0.1) is 18.2 Å². The Balaban J connectivity index is 2.35. The maximum atomic E-state index is 11.6. The number of nitrogens with one attached hydrogen (secondary N) is 1. The summed E-state index contributed by atoms with van der Waals surface area (Å²) in [4.78, 5) is 11.6. The van der Waals surface area contributed by atoms with Crippen LogP contribution < -0.4 is 5.32 Å². The average molecular weight is 369 g/mol. The summed E-state index contributed by atoms with van der Waals surface area (Å²) in [6, 6.07) is 0. The van der Waals surface area contributed by atoms with Crippen LogP contribution in [0.15, 0.2) is 0 Å². The minimum absolute atomic E-state index is 0.303. The Bertz CT molecular complexity index is 286. The number of alkyl carbamates (subject to hydrolysis) is 1. The maximum absolute atomic E-state index is 11.6. The summed E-state index contributed by atoms with van der Waals surface area (Å²) < 4.78 is 12.1. The number of hydrogen-bond donors (Lipinski definition) is 1. The molecule has 0 aromatic carbocycles. The quantitative estimate of drug-likeness (QED) is 0.598. The van der Waals surface area contributed by atoms with Crippen molar-refractivity contribution in [2.75, 3.05) is 11.0 Å². The molecule has 1 fully saturated rings. The Morgan fingerprint density at radius 3 is 2.33 bits per heavy atom. The molecule has 0 heterocycles. The van der Waals surface area contributed by atoms with Crippen molar-refractivity contribution < 1.29 is 14.3 Å². The molecule has 1 aliphatic carbocycles. The normalized spacial score (nSPS) is 19.8. The summed E-state index contributed by atoms with van der Waals surface area (Å²) in [5.41, 5.74) is -0.762. The molecule has 1 aliphatic rings. The molecule has 1 saturated carbocycles. The lowest BCUT2D eigenvalue weighted by molar-refractivity contribution is -0.0958. The first-order valence-electron chi connectivity index (χ1n) is 6.45. The molecular formula is C13H24INO3. The van der Waals surface area contributed by atoms with E-state index in [1.54, 1.807) is 0 Å². The summed E-state index contributed by atoms with van der Waals surface area (Å²) in [7, 11) is 0. The van der Waals surface area contributed by atoms with Crippen LogP contribution in [0, 0.1) is 0 Å². The summed E-state index contributed by atoms with van der Waals surface area (Å²) in [5, 5.41) is 2.79. The van der Waals surface area contributed by atoms with Crippen LogP contribution in [0.5, 0.6) is 0 Å². The van der Waals surface area contributed by atoms with Crippen LogP contribution in [0.1, 0.15) is 47.0 Å². The van der Waals surface area contributed by atoms with E-state index >= 15 is 0 Å². The fourth-order valence-electron chi connectivity index (χ4n) is 1.58. The molecule has 106 valence electrons. The van der Waals surface area contributed by atoms with Gasteiger partial charge in [0.25, 0.3) is 0 Å². The lowest BCUT2D eigenvalue weighted by Gasteiger charge is -2.37. The molecule has 0 radical (unpaired) electrons. The largest absolute Gasteiger partial charge is 0.444 e.